The van der Waals surface area contributed by atoms with Gasteiger partial charge in [0, 0.05) is 4.47 Å². The Morgan fingerprint density at radius 2 is 2.25 bits per heavy atom. The maximum atomic E-state index is 11.6. The molecule has 0 saturated carbocycles. The van der Waals surface area contributed by atoms with Gasteiger partial charge in [0.2, 0.25) is 5.91 Å². The highest BCUT2D eigenvalue weighted by Crippen LogP contribution is 2.17. The second-order valence-corrected chi connectivity index (χ2v) is 4.72. The molecule has 2 unspecified atom stereocenters. The van der Waals surface area contributed by atoms with Gasteiger partial charge in [-0.25, -0.2) is 0 Å². The third-order valence-electron chi connectivity index (χ3n) is 2.48. The summed E-state index contributed by atoms with van der Waals surface area (Å²) in [4.78, 5) is 11.6. The first kappa shape index (κ1) is 13.2. The smallest absolute Gasteiger partial charge is 0.237 e. The second-order valence-electron chi connectivity index (χ2n) is 3.80. The minimum Gasteiger partial charge on any atom is -0.348 e. The zero-order valence-corrected chi connectivity index (χ0v) is 11.1. The Hall–Kier alpha value is -0.870. The zero-order valence-electron chi connectivity index (χ0n) is 9.53. The number of benzene rings is 1. The lowest BCUT2D eigenvalue weighted by Crippen LogP contribution is -2.41. The van der Waals surface area contributed by atoms with Crippen LogP contribution in [0.15, 0.2) is 28.7 Å². The van der Waals surface area contributed by atoms with Crippen molar-refractivity contribution in [2.75, 3.05) is 0 Å². The van der Waals surface area contributed by atoms with E-state index in [0.717, 1.165) is 10.0 Å². The monoisotopic (exact) mass is 284 g/mol. The molecule has 2 atom stereocenters. The van der Waals surface area contributed by atoms with Crippen LogP contribution in [0.3, 0.4) is 0 Å². The van der Waals surface area contributed by atoms with Crippen molar-refractivity contribution in [3.05, 3.63) is 34.3 Å². The van der Waals surface area contributed by atoms with E-state index in [1.807, 2.05) is 38.1 Å². The van der Waals surface area contributed by atoms with Crippen LogP contribution in [0.1, 0.15) is 31.9 Å². The van der Waals surface area contributed by atoms with Crippen LogP contribution in [0.4, 0.5) is 0 Å². The Kier molecular flexibility index (Phi) is 4.96. The first-order chi connectivity index (χ1) is 7.54. The standard InChI is InChI=1S/C12H17BrN2O/c1-3-11(14)12(16)15-8(2)9-5-4-6-10(13)7-9/h4-8,11H,3,14H2,1-2H3,(H,15,16). The normalized spacial score (nSPS) is 14.2. The minimum absolute atomic E-state index is 0.0254. The molecule has 0 aliphatic carbocycles. The highest BCUT2D eigenvalue weighted by molar-refractivity contribution is 9.10. The highest BCUT2D eigenvalue weighted by atomic mass is 79.9. The maximum Gasteiger partial charge on any atom is 0.237 e. The van der Waals surface area contributed by atoms with Gasteiger partial charge in [0.25, 0.3) is 0 Å². The maximum absolute atomic E-state index is 11.6. The summed E-state index contributed by atoms with van der Waals surface area (Å²) in [5, 5.41) is 2.89. The minimum atomic E-state index is -0.422. The molecule has 3 nitrogen and oxygen atoms in total. The van der Waals surface area contributed by atoms with Gasteiger partial charge in [-0.15, -0.1) is 0 Å². The van der Waals surface area contributed by atoms with Crippen molar-refractivity contribution in [3.63, 3.8) is 0 Å². The van der Waals surface area contributed by atoms with Gasteiger partial charge in [-0.2, -0.15) is 0 Å². The molecule has 0 radical (unpaired) electrons. The first-order valence-corrected chi connectivity index (χ1v) is 6.15. The first-order valence-electron chi connectivity index (χ1n) is 5.36. The summed E-state index contributed by atoms with van der Waals surface area (Å²) < 4.78 is 1.01. The topological polar surface area (TPSA) is 55.1 Å². The Morgan fingerprint density at radius 3 is 2.81 bits per heavy atom. The molecule has 16 heavy (non-hydrogen) atoms. The molecular formula is C12H17BrN2O. The van der Waals surface area contributed by atoms with Gasteiger partial charge in [0.15, 0.2) is 0 Å². The molecule has 0 aliphatic heterocycles. The average molecular weight is 285 g/mol. The van der Waals surface area contributed by atoms with Crippen LogP contribution >= 0.6 is 15.9 Å². The van der Waals surface area contributed by atoms with Crippen molar-refractivity contribution in [1.82, 2.24) is 5.32 Å². The molecular weight excluding hydrogens is 268 g/mol. The van der Waals surface area contributed by atoms with Crippen LogP contribution in [-0.4, -0.2) is 11.9 Å². The van der Waals surface area contributed by atoms with E-state index in [1.165, 1.54) is 0 Å². The number of hydrogen-bond donors (Lipinski definition) is 2. The van der Waals surface area contributed by atoms with Gasteiger partial charge in [-0.1, -0.05) is 35.0 Å². The van der Waals surface area contributed by atoms with E-state index in [-0.39, 0.29) is 11.9 Å². The number of halogens is 1. The van der Waals surface area contributed by atoms with Gasteiger partial charge in [-0.3, -0.25) is 4.79 Å². The predicted octanol–water partition coefficient (Wildman–Crippen LogP) is 2.36. The van der Waals surface area contributed by atoms with Crippen LogP contribution in [0, 0.1) is 0 Å². The largest absolute Gasteiger partial charge is 0.348 e. The molecule has 0 aromatic heterocycles. The molecule has 0 heterocycles. The third-order valence-corrected chi connectivity index (χ3v) is 2.98. The summed E-state index contributed by atoms with van der Waals surface area (Å²) in [5.41, 5.74) is 6.71. The fourth-order valence-corrected chi connectivity index (χ4v) is 1.78. The van der Waals surface area contributed by atoms with Crippen molar-refractivity contribution < 1.29 is 4.79 Å². The lowest BCUT2D eigenvalue weighted by Gasteiger charge is -2.17. The summed E-state index contributed by atoms with van der Waals surface area (Å²) in [6, 6.07) is 7.42. The van der Waals surface area contributed by atoms with E-state index >= 15 is 0 Å². The number of amides is 1. The molecule has 88 valence electrons. The Balaban J connectivity index is 2.65. The van der Waals surface area contributed by atoms with Gasteiger partial charge in [-0.05, 0) is 31.0 Å². The quantitative estimate of drug-likeness (QED) is 0.892. The summed E-state index contributed by atoms with van der Waals surface area (Å²) >= 11 is 3.40. The second kappa shape index (κ2) is 6.01. The average Bonchev–Trinajstić information content (AvgIpc) is 2.27. The van der Waals surface area contributed by atoms with Gasteiger partial charge >= 0.3 is 0 Å². The van der Waals surface area contributed by atoms with Crippen LogP contribution in [0.5, 0.6) is 0 Å². The number of rotatable bonds is 4. The Labute approximate surface area is 105 Å². The fraction of sp³-hybridized carbons (Fsp3) is 0.417. The van der Waals surface area contributed by atoms with Crippen LogP contribution in [0.2, 0.25) is 0 Å². The Bertz CT molecular complexity index is 368. The summed E-state index contributed by atoms with van der Waals surface area (Å²) in [6.07, 6.45) is 0.650. The number of carbonyl (C=O) groups is 1. The van der Waals surface area contributed by atoms with E-state index < -0.39 is 6.04 Å². The SMILES string of the molecule is CCC(N)C(=O)NC(C)c1cccc(Br)c1. The molecule has 4 heteroatoms. The Morgan fingerprint density at radius 1 is 1.56 bits per heavy atom. The van der Waals surface area contributed by atoms with Crippen molar-refractivity contribution in [1.29, 1.82) is 0 Å². The molecule has 0 bridgehead atoms. The number of nitrogens with one attached hydrogen (secondary N) is 1. The van der Waals surface area contributed by atoms with Crippen molar-refractivity contribution in [2.45, 2.75) is 32.4 Å². The summed E-state index contributed by atoms with van der Waals surface area (Å²) in [5.74, 6) is -0.102. The summed E-state index contributed by atoms with van der Waals surface area (Å²) in [7, 11) is 0. The lowest BCUT2D eigenvalue weighted by atomic mass is 10.1. The summed E-state index contributed by atoms with van der Waals surface area (Å²) in [6.45, 7) is 3.84. The third kappa shape index (κ3) is 3.61. The van der Waals surface area contributed by atoms with E-state index in [1.54, 1.807) is 0 Å². The molecule has 0 saturated heterocycles. The van der Waals surface area contributed by atoms with Crippen LogP contribution in [-0.2, 0) is 4.79 Å². The molecule has 1 aromatic rings. The molecule has 1 aromatic carbocycles. The molecule has 0 spiro atoms. The van der Waals surface area contributed by atoms with Crippen LogP contribution < -0.4 is 11.1 Å². The van der Waals surface area contributed by atoms with E-state index in [9.17, 15) is 4.79 Å². The van der Waals surface area contributed by atoms with Crippen LogP contribution in [0.25, 0.3) is 0 Å². The van der Waals surface area contributed by atoms with E-state index in [4.69, 9.17) is 5.73 Å². The molecule has 3 N–H and O–H groups in total. The molecule has 1 rings (SSSR count). The van der Waals surface area contributed by atoms with Gasteiger partial charge < -0.3 is 11.1 Å². The predicted molar refractivity (Wildman–Crippen MR) is 69.0 cm³/mol. The van der Waals surface area contributed by atoms with Gasteiger partial charge in [0.05, 0.1) is 12.1 Å². The van der Waals surface area contributed by atoms with Crippen molar-refractivity contribution in [2.24, 2.45) is 5.73 Å². The lowest BCUT2D eigenvalue weighted by molar-refractivity contribution is -0.123. The van der Waals surface area contributed by atoms with E-state index in [0.29, 0.717) is 6.42 Å². The van der Waals surface area contributed by atoms with Crippen molar-refractivity contribution >= 4 is 21.8 Å². The zero-order chi connectivity index (χ0) is 12.1. The van der Waals surface area contributed by atoms with Gasteiger partial charge in [0.1, 0.15) is 0 Å². The number of hydrogen-bond acceptors (Lipinski definition) is 2. The number of nitrogens with two attached hydrogens (primary N) is 1. The molecule has 1 amide bonds. The van der Waals surface area contributed by atoms with Crippen molar-refractivity contribution in [3.8, 4) is 0 Å². The van der Waals surface area contributed by atoms with E-state index in [2.05, 4.69) is 21.2 Å². The molecule has 0 fully saturated rings. The number of carbonyl (C=O) groups excluding carboxylic acids is 1. The fourth-order valence-electron chi connectivity index (χ4n) is 1.37. The highest BCUT2D eigenvalue weighted by Gasteiger charge is 2.14. The molecule has 0 aliphatic rings.